The van der Waals surface area contributed by atoms with Gasteiger partial charge in [-0.3, -0.25) is 0 Å². The second-order valence-electron chi connectivity index (χ2n) is 8.43. The van der Waals surface area contributed by atoms with Crippen molar-refractivity contribution < 1.29 is 4.42 Å². The van der Waals surface area contributed by atoms with E-state index in [4.69, 9.17) is 4.42 Å². The Kier molecular flexibility index (Phi) is 4.36. The third kappa shape index (κ3) is 3.13. The van der Waals surface area contributed by atoms with Gasteiger partial charge < -0.3 is 4.42 Å². The van der Waals surface area contributed by atoms with E-state index in [9.17, 15) is 0 Å². The monoisotopic (exact) mass is 453 g/mol. The quantitative estimate of drug-likeness (QED) is 0.266. The third-order valence-corrected chi connectivity index (χ3v) is 7.56. The van der Waals surface area contributed by atoms with Gasteiger partial charge in [0.05, 0.1) is 0 Å². The Morgan fingerprint density at radius 2 is 1.29 bits per heavy atom. The molecule has 0 aliphatic carbocycles. The summed E-state index contributed by atoms with van der Waals surface area (Å²) >= 11 is 1.87. The van der Waals surface area contributed by atoms with Gasteiger partial charge in [0.1, 0.15) is 5.52 Å². The van der Waals surface area contributed by atoms with Crippen LogP contribution in [0.5, 0.6) is 0 Å². The number of hydrogen-bond donors (Lipinski definition) is 0. The molecule has 0 atom stereocenters. The first-order valence-corrected chi connectivity index (χ1v) is 12.1. The van der Waals surface area contributed by atoms with Gasteiger partial charge in [0, 0.05) is 25.7 Å². The average molecular weight is 454 g/mol. The highest BCUT2D eigenvalue weighted by Gasteiger charge is 2.12. The summed E-state index contributed by atoms with van der Waals surface area (Å²) in [6, 6.07) is 40.4. The van der Waals surface area contributed by atoms with Crippen molar-refractivity contribution in [3.63, 3.8) is 0 Å². The Labute approximate surface area is 200 Å². The fraction of sp³-hybridized carbons (Fsp3) is 0. The first-order chi connectivity index (χ1) is 16.8. The van der Waals surface area contributed by atoms with E-state index in [2.05, 4.69) is 96.0 Å². The number of nitrogens with zero attached hydrogens (tertiary/aromatic N) is 1. The molecule has 0 unspecified atom stereocenters. The molecule has 2 aromatic heterocycles. The summed E-state index contributed by atoms with van der Waals surface area (Å²) in [5, 5.41) is 2.65. The van der Waals surface area contributed by atoms with Crippen molar-refractivity contribution in [2.24, 2.45) is 0 Å². The van der Waals surface area contributed by atoms with Crippen LogP contribution in [0.25, 0.3) is 65.0 Å². The second-order valence-corrected chi connectivity index (χ2v) is 9.48. The van der Waals surface area contributed by atoms with Crippen molar-refractivity contribution in [2.75, 3.05) is 0 Å². The molecule has 0 bridgehead atoms. The Morgan fingerprint density at radius 3 is 2.21 bits per heavy atom. The topological polar surface area (TPSA) is 26.0 Å². The summed E-state index contributed by atoms with van der Waals surface area (Å²) in [5.41, 5.74) is 7.55. The molecule has 2 nitrogen and oxygen atoms in total. The van der Waals surface area contributed by atoms with E-state index in [0.29, 0.717) is 5.89 Å². The minimum atomic E-state index is 0.651. The van der Waals surface area contributed by atoms with E-state index in [1.165, 1.54) is 42.4 Å². The van der Waals surface area contributed by atoms with Gasteiger partial charge in [0.2, 0.25) is 5.89 Å². The van der Waals surface area contributed by atoms with Crippen molar-refractivity contribution in [3.05, 3.63) is 115 Å². The van der Waals surface area contributed by atoms with Crippen molar-refractivity contribution in [1.29, 1.82) is 0 Å². The Morgan fingerprint density at radius 1 is 0.559 bits per heavy atom. The maximum Gasteiger partial charge on any atom is 0.227 e. The third-order valence-electron chi connectivity index (χ3n) is 6.34. The first-order valence-electron chi connectivity index (χ1n) is 11.3. The van der Waals surface area contributed by atoms with E-state index < -0.39 is 0 Å². The zero-order valence-corrected chi connectivity index (χ0v) is 19.0. The van der Waals surface area contributed by atoms with Crippen molar-refractivity contribution in [3.8, 4) is 33.7 Å². The largest absolute Gasteiger partial charge is 0.436 e. The predicted octanol–water partition coefficient (Wildman–Crippen LogP) is 9.20. The molecular formula is C31H19NOS. The number of fused-ring (bicyclic) bond motifs is 4. The van der Waals surface area contributed by atoms with Crippen LogP contribution in [0.3, 0.4) is 0 Å². The molecule has 0 spiro atoms. The summed E-state index contributed by atoms with van der Waals surface area (Å²) in [4.78, 5) is 4.62. The summed E-state index contributed by atoms with van der Waals surface area (Å²) in [5.74, 6) is 0.651. The molecule has 160 valence electrons. The standard InChI is InChI=1S/C31H19NOS/c1-4-14-29-25(9-1)26-11-6-10-24(30(26)34-29)23-8-5-7-22(19-23)20-15-17-21(18-16-20)31-32-27-12-2-3-13-28(27)33-31/h1-19H. The van der Waals surface area contributed by atoms with E-state index in [-0.39, 0.29) is 0 Å². The molecule has 0 aliphatic heterocycles. The molecular weight excluding hydrogens is 434 g/mol. The molecule has 0 saturated heterocycles. The second kappa shape index (κ2) is 7.68. The summed E-state index contributed by atoms with van der Waals surface area (Å²) in [7, 11) is 0. The van der Waals surface area contributed by atoms with Crippen LogP contribution in [-0.2, 0) is 0 Å². The lowest BCUT2D eigenvalue weighted by molar-refractivity contribution is 0.620. The molecule has 0 fully saturated rings. The molecule has 0 N–H and O–H groups in total. The maximum atomic E-state index is 5.93. The van der Waals surface area contributed by atoms with Gasteiger partial charge in [-0.2, -0.15) is 0 Å². The lowest BCUT2D eigenvalue weighted by Crippen LogP contribution is -1.83. The molecule has 0 aliphatic rings. The smallest absolute Gasteiger partial charge is 0.227 e. The van der Waals surface area contributed by atoms with Crippen LogP contribution in [0.15, 0.2) is 120 Å². The molecule has 7 aromatic rings. The molecule has 0 amide bonds. The lowest BCUT2D eigenvalue weighted by atomic mass is 9.97. The fourth-order valence-corrected chi connectivity index (χ4v) is 5.88. The van der Waals surface area contributed by atoms with Crippen LogP contribution >= 0.6 is 11.3 Å². The average Bonchev–Trinajstić information content (AvgIpc) is 3.50. The van der Waals surface area contributed by atoms with Crippen LogP contribution in [0, 0.1) is 0 Å². The van der Waals surface area contributed by atoms with E-state index in [0.717, 1.165) is 16.7 Å². The van der Waals surface area contributed by atoms with Gasteiger partial charge in [-0.15, -0.1) is 11.3 Å². The Balaban J connectivity index is 1.28. The van der Waals surface area contributed by atoms with Crippen molar-refractivity contribution >= 4 is 42.6 Å². The Bertz CT molecular complexity index is 1770. The van der Waals surface area contributed by atoms with Crippen LogP contribution in [-0.4, -0.2) is 4.98 Å². The zero-order chi connectivity index (χ0) is 22.5. The molecule has 34 heavy (non-hydrogen) atoms. The zero-order valence-electron chi connectivity index (χ0n) is 18.2. The number of aromatic nitrogens is 1. The lowest BCUT2D eigenvalue weighted by Gasteiger charge is -2.08. The Hall–Kier alpha value is -4.21. The van der Waals surface area contributed by atoms with Crippen LogP contribution in [0.2, 0.25) is 0 Å². The van der Waals surface area contributed by atoms with Gasteiger partial charge >= 0.3 is 0 Å². The minimum absolute atomic E-state index is 0.651. The van der Waals surface area contributed by atoms with E-state index >= 15 is 0 Å². The molecule has 0 saturated carbocycles. The number of rotatable bonds is 3. The van der Waals surface area contributed by atoms with E-state index in [1.54, 1.807) is 0 Å². The highest BCUT2D eigenvalue weighted by atomic mass is 32.1. The van der Waals surface area contributed by atoms with Gasteiger partial charge in [0.15, 0.2) is 5.58 Å². The van der Waals surface area contributed by atoms with E-state index in [1.807, 2.05) is 35.6 Å². The highest BCUT2D eigenvalue weighted by molar-refractivity contribution is 7.26. The maximum absolute atomic E-state index is 5.93. The van der Waals surface area contributed by atoms with Gasteiger partial charge in [0.25, 0.3) is 0 Å². The van der Waals surface area contributed by atoms with Crippen LogP contribution in [0.1, 0.15) is 0 Å². The number of thiophene rings is 1. The van der Waals surface area contributed by atoms with Crippen LogP contribution in [0.4, 0.5) is 0 Å². The molecule has 7 rings (SSSR count). The first kappa shape index (κ1) is 19.3. The van der Waals surface area contributed by atoms with Crippen molar-refractivity contribution in [1.82, 2.24) is 4.98 Å². The SMILES string of the molecule is c1cc(-c2ccc(-c3nc4ccccc4o3)cc2)cc(-c2cccc3c2sc2ccccc23)c1. The van der Waals surface area contributed by atoms with Crippen molar-refractivity contribution in [2.45, 2.75) is 0 Å². The summed E-state index contributed by atoms with van der Waals surface area (Å²) in [6.45, 7) is 0. The highest BCUT2D eigenvalue weighted by Crippen LogP contribution is 2.40. The van der Waals surface area contributed by atoms with Crippen LogP contribution < -0.4 is 0 Å². The fourth-order valence-electron chi connectivity index (χ4n) is 4.64. The predicted molar refractivity (Wildman–Crippen MR) is 143 cm³/mol. The number of para-hydroxylation sites is 2. The van der Waals surface area contributed by atoms with Gasteiger partial charge in [-0.05, 0) is 58.7 Å². The number of oxazole rings is 1. The normalized spacial score (nSPS) is 11.5. The summed E-state index contributed by atoms with van der Waals surface area (Å²) in [6.07, 6.45) is 0. The number of benzene rings is 5. The minimum Gasteiger partial charge on any atom is -0.436 e. The molecule has 3 heteroatoms. The summed E-state index contributed by atoms with van der Waals surface area (Å²) < 4.78 is 8.60. The molecule has 2 heterocycles. The molecule has 5 aromatic carbocycles. The number of hydrogen-bond acceptors (Lipinski definition) is 3. The van der Waals surface area contributed by atoms with Gasteiger partial charge in [-0.25, -0.2) is 4.98 Å². The molecule has 0 radical (unpaired) electrons. The van der Waals surface area contributed by atoms with Gasteiger partial charge in [-0.1, -0.05) is 78.9 Å².